The number of rotatable bonds is 18. The summed E-state index contributed by atoms with van der Waals surface area (Å²) >= 11 is 0. The molecule has 5 rings (SSSR count). The summed E-state index contributed by atoms with van der Waals surface area (Å²) in [4.78, 5) is 30.1. The first kappa shape index (κ1) is 34.4. The van der Waals surface area contributed by atoms with Gasteiger partial charge in [0.2, 0.25) is 5.56 Å². The van der Waals surface area contributed by atoms with Crippen LogP contribution in [-0.4, -0.2) is 47.3 Å². The predicted octanol–water partition coefficient (Wildman–Crippen LogP) is 7.17. The van der Waals surface area contributed by atoms with Gasteiger partial charge in [0.15, 0.2) is 0 Å². The number of aromatic nitrogens is 1. The normalized spacial score (nSPS) is 11.7. The number of benzene rings is 4. The Bertz CT molecular complexity index is 1750. The molecule has 8 nitrogen and oxygen atoms in total. The molecule has 0 aliphatic rings. The van der Waals surface area contributed by atoms with Crippen molar-refractivity contribution in [2.75, 3.05) is 26.2 Å². The van der Waals surface area contributed by atoms with Gasteiger partial charge in [-0.3, -0.25) is 4.79 Å². The van der Waals surface area contributed by atoms with Crippen LogP contribution in [0.5, 0.6) is 5.75 Å². The van der Waals surface area contributed by atoms with Gasteiger partial charge in [0, 0.05) is 18.0 Å². The number of H-pyrrole nitrogens is 1. The minimum Gasteiger partial charge on any atom is -0.487 e. The summed E-state index contributed by atoms with van der Waals surface area (Å²) in [6, 6.07) is 36.5. The van der Waals surface area contributed by atoms with Crippen molar-refractivity contribution >= 4 is 17.0 Å². The van der Waals surface area contributed by atoms with Crippen molar-refractivity contribution in [3.05, 3.63) is 148 Å². The molecule has 48 heavy (non-hydrogen) atoms. The highest BCUT2D eigenvalue weighted by molar-refractivity contribution is 5.87. The lowest BCUT2D eigenvalue weighted by atomic mass is 10.0. The number of nitrogens with one attached hydrogen (secondary N) is 2. The summed E-state index contributed by atoms with van der Waals surface area (Å²) in [5.74, 6) is 0.510. The smallest absolute Gasteiger partial charge is 0.410 e. The predicted molar refractivity (Wildman–Crippen MR) is 190 cm³/mol. The topological polar surface area (TPSA) is 104 Å². The molecule has 0 spiro atoms. The largest absolute Gasteiger partial charge is 0.487 e. The molecular formula is C40H45N3O5. The Kier molecular flexibility index (Phi) is 13.2. The molecule has 3 N–H and O–H groups in total. The van der Waals surface area contributed by atoms with E-state index in [1.165, 1.54) is 11.6 Å². The quantitative estimate of drug-likeness (QED) is 0.0872. The molecule has 8 heteroatoms. The van der Waals surface area contributed by atoms with Crippen molar-refractivity contribution in [1.29, 1.82) is 0 Å². The SMILES string of the molecule is O=C(OCc1ccccc1)N(CCCCCCNCCc1ccccc1)CC(O)c1ccc(OCc2ccccc2)c2[nH]c(=O)ccc12. The minimum absolute atomic E-state index is 0.0487. The molecule has 1 atom stereocenters. The number of ether oxygens (including phenoxy) is 2. The molecule has 4 aromatic carbocycles. The van der Waals surface area contributed by atoms with Gasteiger partial charge in [-0.2, -0.15) is 0 Å². The number of carbonyl (C=O) groups is 1. The maximum atomic E-state index is 13.3. The van der Waals surface area contributed by atoms with Crippen molar-refractivity contribution in [1.82, 2.24) is 15.2 Å². The number of hydrogen-bond acceptors (Lipinski definition) is 6. The first-order valence-electron chi connectivity index (χ1n) is 16.8. The second kappa shape index (κ2) is 18.4. The number of aliphatic hydroxyl groups is 1. The van der Waals surface area contributed by atoms with Crippen LogP contribution in [0.2, 0.25) is 0 Å². The summed E-state index contributed by atoms with van der Waals surface area (Å²) in [6.45, 7) is 2.89. The molecule has 1 unspecified atom stereocenters. The van der Waals surface area contributed by atoms with Crippen LogP contribution in [0.25, 0.3) is 10.9 Å². The second-order valence-corrected chi connectivity index (χ2v) is 11.9. The lowest BCUT2D eigenvalue weighted by molar-refractivity contribution is 0.0682. The molecule has 0 fully saturated rings. The van der Waals surface area contributed by atoms with Crippen LogP contribution in [0, 0.1) is 0 Å². The Morgan fingerprint density at radius 2 is 1.38 bits per heavy atom. The summed E-state index contributed by atoms with van der Waals surface area (Å²) in [6.07, 6.45) is 3.36. The van der Waals surface area contributed by atoms with E-state index in [-0.39, 0.29) is 18.7 Å². The van der Waals surface area contributed by atoms with Gasteiger partial charge in [-0.15, -0.1) is 0 Å². The Morgan fingerprint density at radius 1 is 0.729 bits per heavy atom. The fourth-order valence-corrected chi connectivity index (χ4v) is 5.68. The van der Waals surface area contributed by atoms with Crippen molar-refractivity contribution in [3.8, 4) is 5.75 Å². The number of aliphatic hydroxyl groups excluding tert-OH is 1. The number of unbranched alkanes of at least 4 members (excludes halogenated alkanes) is 3. The standard InChI is InChI=1S/C40H45N3O5/c44-36(34-20-22-37(39-35(34)21-23-38(45)42-39)47-29-32-16-8-4-9-17-32)28-43(40(46)48-30-33-18-10-5-11-19-33)27-13-2-1-12-25-41-26-24-31-14-6-3-7-15-31/h3-11,14-23,36,41,44H,1-2,12-13,24-30H2,(H,42,45). The second-order valence-electron chi connectivity index (χ2n) is 11.9. The van der Waals surface area contributed by atoms with Crippen molar-refractivity contribution in [3.63, 3.8) is 0 Å². The molecule has 0 aliphatic carbocycles. The number of hydrogen-bond donors (Lipinski definition) is 3. The van der Waals surface area contributed by atoms with Gasteiger partial charge in [-0.1, -0.05) is 110 Å². The van der Waals surface area contributed by atoms with Crippen LogP contribution in [0.3, 0.4) is 0 Å². The van der Waals surface area contributed by atoms with E-state index in [0.29, 0.717) is 35.4 Å². The molecule has 0 saturated carbocycles. The maximum Gasteiger partial charge on any atom is 0.410 e. The van der Waals surface area contributed by atoms with Crippen LogP contribution in [-0.2, 0) is 24.4 Å². The van der Waals surface area contributed by atoms with Crippen molar-refractivity contribution in [2.24, 2.45) is 0 Å². The Hall–Kier alpha value is -4.92. The van der Waals surface area contributed by atoms with Crippen molar-refractivity contribution in [2.45, 2.75) is 51.4 Å². The summed E-state index contributed by atoms with van der Waals surface area (Å²) < 4.78 is 11.8. The first-order valence-corrected chi connectivity index (χ1v) is 16.8. The van der Waals surface area contributed by atoms with E-state index in [1.807, 2.05) is 66.7 Å². The summed E-state index contributed by atoms with van der Waals surface area (Å²) in [5.41, 5.74) is 4.06. The van der Waals surface area contributed by atoms with Gasteiger partial charge >= 0.3 is 6.09 Å². The van der Waals surface area contributed by atoms with Gasteiger partial charge in [-0.25, -0.2) is 4.79 Å². The Morgan fingerprint density at radius 3 is 2.08 bits per heavy atom. The molecule has 250 valence electrons. The monoisotopic (exact) mass is 647 g/mol. The number of nitrogens with zero attached hydrogens (tertiary/aromatic N) is 1. The van der Waals surface area contributed by atoms with E-state index in [1.54, 1.807) is 23.1 Å². The zero-order chi connectivity index (χ0) is 33.4. The highest BCUT2D eigenvalue weighted by atomic mass is 16.6. The van der Waals surface area contributed by atoms with Crippen LogP contribution in [0.15, 0.2) is 120 Å². The fourth-order valence-electron chi connectivity index (χ4n) is 5.68. The Labute approximate surface area is 282 Å². The number of amides is 1. The molecule has 5 aromatic rings. The molecule has 0 aliphatic heterocycles. The zero-order valence-electron chi connectivity index (χ0n) is 27.4. The molecule has 0 radical (unpaired) electrons. The number of carbonyl (C=O) groups excluding carboxylic acids is 1. The molecule has 1 amide bonds. The van der Waals surface area contributed by atoms with Gasteiger partial charge in [0.05, 0.1) is 18.2 Å². The maximum absolute atomic E-state index is 13.3. The lowest BCUT2D eigenvalue weighted by Crippen LogP contribution is -2.36. The number of pyridine rings is 1. The van der Waals surface area contributed by atoms with Gasteiger partial charge < -0.3 is 29.8 Å². The van der Waals surface area contributed by atoms with Crippen LogP contribution in [0.1, 0.15) is 54.0 Å². The fraction of sp³-hybridized carbons (Fsp3) is 0.300. The van der Waals surface area contributed by atoms with Gasteiger partial charge in [0.1, 0.15) is 19.0 Å². The molecule has 0 saturated heterocycles. The van der Waals surface area contributed by atoms with E-state index >= 15 is 0 Å². The summed E-state index contributed by atoms with van der Waals surface area (Å²) in [7, 11) is 0. The molecule has 1 aromatic heterocycles. The average molecular weight is 648 g/mol. The third kappa shape index (κ3) is 10.6. The van der Waals surface area contributed by atoms with Crippen molar-refractivity contribution < 1.29 is 19.4 Å². The number of fused-ring (bicyclic) bond motifs is 1. The van der Waals surface area contributed by atoms with E-state index in [2.05, 4.69) is 34.6 Å². The first-order chi connectivity index (χ1) is 23.6. The minimum atomic E-state index is -1.01. The average Bonchev–Trinajstić information content (AvgIpc) is 3.12. The lowest BCUT2D eigenvalue weighted by Gasteiger charge is -2.26. The van der Waals surface area contributed by atoms with Crippen LogP contribution < -0.4 is 15.6 Å². The highest BCUT2D eigenvalue weighted by Crippen LogP contribution is 2.31. The van der Waals surface area contributed by atoms with E-state index in [4.69, 9.17) is 9.47 Å². The highest BCUT2D eigenvalue weighted by Gasteiger charge is 2.22. The number of aromatic amines is 1. The van der Waals surface area contributed by atoms with Gasteiger partial charge in [0.25, 0.3) is 0 Å². The molecular weight excluding hydrogens is 602 g/mol. The van der Waals surface area contributed by atoms with Crippen LogP contribution in [0.4, 0.5) is 4.79 Å². The molecule has 0 bridgehead atoms. The Balaban J connectivity index is 1.19. The third-order valence-electron chi connectivity index (χ3n) is 8.31. The van der Waals surface area contributed by atoms with Gasteiger partial charge in [-0.05, 0) is 66.7 Å². The van der Waals surface area contributed by atoms with E-state index in [0.717, 1.165) is 56.3 Å². The summed E-state index contributed by atoms with van der Waals surface area (Å²) in [5, 5.41) is 15.7. The molecule has 1 heterocycles. The third-order valence-corrected chi connectivity index (χ3v) is 8.31. The van der Waals surface area contributed by atoms with E-state index in [9.17, 15) is 14.7 Å². The van der Waals surface area contributed by atoms with Crippen LogP contribution >= 0.6 is 0 Å². The zero-order valence-corrected chi connectivity index (χ0v) is 27.4. The van der Waals surface area contributed by atoms with E-state index < -0.39 is 12.2 Å².